The van der Waals surface area contributed by atoms with E-state index in [1.54, 1.807) is 0 Å². The summed E-state index contributed by atoms with van der Waals surface area (Å²) in [5.74, 6) is -1.51. The lowest BCUT2D eigenvalue weighted by Gasteiger charge is -2.01. The van der Waals surface area contributed by atoms with Crippen LogP contribution in [-0.2, 0) is 16.0 Å². The molecule has 0 unspecified atom stereocenters. The van der Waals surface area contributed by atoms with Crippen LogP contribution in [0.3, 0.4) is 0 Å². The molecule has 0 aromatic heterocycles. The molecule has 1 aromatic carbocycles. The summed E-state index contributed by atoms with van der Waals surface area (Å²) in [6, 6.07) is 9.79. The van der Waals surface area contributed by atoms with Crippen LogP contribution in [0.15, 0.2) is 42.1 Å². The largest absolute Gasteiger partial charge is 0.478 e. The number of rotatable bonds is 6. The molecule has 0 aliphatic heterocycles. The molecule has 0 aliphatic carbocycles. The lowest BCUT2D eigenvalue weighted by atomic mass is 10.1. The van der Waals surface area contributed by atoms with E-state index in [1.807, 2.05) is 30.3 Å². The highest BCUT2D eigenvalue weighted by Crippen LogP contribution is 2.06. The quantitative estimate of drug-likeness (QED) is 0.730. The molecule has 4 heteroatoms. The van der Waals surface area contributed by atoms with Gasteiger partial charge in [0.2, 0.25) is 0 Å². The Balaban J connectivity index is 2.37. The zero-order chi connectivity index (χ0) is 12.7. The first kappa shape index (κ1) is 13.0. The molecule has 1 aromatic rings. The van der Waals surface area contributed by atoms with E-state index in [0.29, 0.717) is 6.42 Å². The first-order valence-corrected chi connectivity index (χ1v) is 5.37. The molecule has 3 N–H and O–H groups in total. The number of Topliss-reactive ketones (excluding diaryl/α,β-unsaturated/α-hetero) is 1. The van der Waals surface area contributed by atoms with Gasteiger partial charge in [0.25, 0.3) is 0 Å². The van der Waals surface area contributed by atoms with Gasteiger partial charge in [0, 0.05) is 12.5 Å². The number of aryl methyl sites for hydroxylation is 1. The van der Waals surface area contributed by atoms with E-state index in [1.165, 1.54) is 0 Å². The number of carboxylic acids is 1. The molecule has 17 heavy (non-hydrogen) atoms. The highest BCUT2D eigenvalue weighted by atomic mass is 16.4. The van der Waals surface area contributed by atoms with E-state index in [0.717, 1.165) is 18.1 Å². The van der Waals surface area contributed by atoms with E-state index in [-0.39, 0.29) is 17.9 Å². The minimum atomic E-state index is -1.20. The minimum absolute atomic E-state index is 0.189. The predicted molar refractivity (Wildman–Crippen MR) is 64.3 cm³/mol. The number of nitrogens with two attached hydrogens (primary N) is 1. The van der Waals surface area contributed by atoms with Crippen molar-refractivity contribution in [2.24, 2.45) is 5.73 Å². The van der Waals surface area contributed by atoms with Crippen LogP contribution < -0.4 is 5.73 Å². The van der Waals surface area contributed by atoms with Crippen molar-refractivity contribution in [3.63, 3.8) is 0 Å². The molecule has 0 saturated carbocycles. The molecule has 0 aliphatic rings. The predicted octanol–water partition coefficient (Wildman–Crippen LogP) is 1.51. The first-order chi connectivity index (χ1) is 8.09. The van der Waals surface area contributed by atoms with Crippen molar-refractivity contribution in [2.45, 2.75) is 19.3 Å². The first-order valence-electron chi connectivity index (χ1n) is 5.37. The average Bonchev–Trinajstić information content (AvgIpc) is 2.29. The Morgan fingerprint density at radius 3 is 2.47 bits per heavy atom. The number of carboxylic acid groups (broad SMARTS) is 1. The van der Waals surface area contributed by atoms with Crippen LogP contribution >= 0.6 is 0 Å². The molecular weight excluding hydrogens is 218 g/mol. The summed E-state index contributed by atoms with van der Waals surface area (Å²) in [4.78, 5) is 21.7. The maximum atomic E-state index is 11.4. The van der Waals surface area contributed by atoms with Crippen LogP contribution in [0.1, 0.15) is 18.4 Å². The number of hydrogen-bond acceptors (Lipinski definition) is 3. The standard InChI is InChI=1S/C13H15NO3/c14-11(9-13(16)17)12(15)8-4-7-10-5-2-1-3-6-10/h1-3,5-6,9H,4,7-8,14H2,(H,16,17). The van der Waals surface area contributed by atoms with Crippen molar-refractivity contribution >= 4 is 11.8 Å². The van der Waals surface area contributed by atoms with Crippen molar-refractivity contribution in [1.29, 1.82) is 0 Å². The highest BCUT2D eigenvalue weighted by Gasteiger charge is 2.07. The zero-order valence-corrected chi connectivity index (χ0v) is 9.43. The van der Waals surface area contributed by atoms with Crippen molar-refractivity contribution in [3.05, 3.63) is 47.7 Å². The fourth-order valence-corrected chi connectivity index (χ4v) is 1.46. The fourth-order valence-electron chi connectivity index (χ4n) is 1.46. The molecular formula is C13H15NO3. The SMILES string of the molecule is NC(=CC(=O)O)C(=O)CCCc1ccccc1. The van der Waals surface area contributed by atoms with Gasteiger partial charge in [0.1, 0.15) is 0 Å². The van der Waals surface area contributed by atoms with E-state index >= 15 is 0 Å². The van der Waals surface area contributed by atoms with Gasteiger partial charge in [0.05, 0.1) is 5.70 Å². The van der Waals surface area contributed by atoms with Gasteiger partial charge in [-0.2, -0.15) is 0 Å². The van der Waals surface area contributed by atoms with Crippen molar-refractivity contribution < 1.29 is 14.7 Å². The van der Waals surface area contributed by atoms with Crippen molar-refractivity contribution in [2.75, 3.05) is 0 Å². The van der Waals surface area contributed by atoms with Crippen LogP contribution in [0.2, 0.25) is 0 Å². The number of ketones is 1. The fraction of sp³-hybridized carbons (Fsp3) is 0.231. The second-order valence-corrected chi connectivity index (χ2v) is 3.70. The van der Waals surface area contributed by atoms with Gasteiger partial charge in [-0.25, -0.2) is 4.79 Å². The Morgan fingerprint density at radius 1 is 1.24 bits per heavy atom. The van der Waals surface area contributed by atoms with Gasteiger partial charge in [-0.1, -0.05) is 30.3 Å². The summed E-state index contributed by atoms with van der Waals surface area (Å²) < 4.78 is 0. The normalized spacial score (nSPS) is 11.2. The van der Waals surface area contributed by atoms with Crippen LogP contribution in [0.25, 0.3) is 0 Å². The molecule has 0 bridgehead atoms. The van der Waals surface area contributed by atoms with Gasteiger partial charge in [0.15, 0.2) is 5.78 Å². The third kappa shape index (κ3) is 4.97. The van der Waals surface area contributed by atoms with E-state index in [2.05, 4.69) is 0 Å². The number of benzene rings is 1. The van der Waals surface area contributed by atoms with Gasteiger partial charge in [-0.05, 0) is 18.4 Å². The maximum Gasteiger partial charge on any atom is 0.330 e. The average molecular weight is 233 g/mol. The van der Waals surface area contributed by atoms with E-state index < -0.39 is 5.97 Å². The molecule has 0 atom stereocenters. The molecule has 0 amide bonds. The summed E-state index contributed by atoms with van der Waals surface area (Å²) in [6.45, 7) is 0. The lowest BCUT2D eigenvalue weighted by molar-refractivity contribution is -0.131. The Labute approximate surface area is 99.8 Å². The molecule has 0 heterocycles. The third-order valence-corrected chi connectivity index (χ3v) is 2.31. The Hall–Kier alpha value is -2.10. The Morgan fingerprint density at radius 2 is 1.88 bits per heavy atom. The topological polar surface area (TPSA) is 80.4 Å². The number of carbonyl (C=O) groups is 2. The smallest absolute Gasteiger partial charge is 0.330 e. The van der Waals surface area contributed by atoms with Crippen LogP contribution in [0, 0.1) is 0 Å². The highest BCUT2D eigenvalue weighted by molar-refractivity contribution is 5.99. The van der Waals surface area contributed by atoms with Gasteiger partial charge < -0.3 is 10.8 Å². The third-order valence-electron chi connectivity index (χ3n) is 2.31. The summed E-state index contributed by atoms with van der Waals surface area (Å²) in [7, 11) is 0. The molecule has 0 radical (unpaired) electrons. The Kier molecular flexibility index (Phi) is 4.94. The monoisotopic (exact) mass is 233 g/mol. The van der Waals surface area contributed by atoms with Crippen LogP contribution in [0.5, 0.6) is 0 Å². The molecule has 0 saturated heterocycles. The number of aliphatic carboxylic acids is 1. The number of hydrogen-bond donors (Lipinski definition) is 2. The number of carbonyl (C=O) groups excluding carboxylic acids is 1. The van der Waals surface area contributed by atoms with Crippen molar-refractivity contribution in [1.82, 2.24) is 0 Å². The molecule has 90 valence electrons. The summed E-state index contributed by atoms with van der Waals surface area (Å²) in [6.07, 6.45) is 2.46. The zero-order valence-electron chi connectivity index (χ0n) is 9.43. The second kappa shape index (κ2) is 6.48. The minimum Gasteiger partial charge on any atom is -0.478 e. The Bertz CT molecular complexity index is 424. The van der Waals surface area contributed by atoms with Crippen molar-refractivity contribution in [3.8, 4) is 0 Å². The second-order valence-electron chi connectivity index (χ2n) is 3.70. The number of allylic oxidation sites excluding steroid dienone is 1. The van der Waals surface area contributed by atoms with Gasteiger partial charge in [-0.3, -0.25) is 4.79 Å². The summed E-state index contributed by atoms with van der Waals surface area (Å²) in [5.41, 5.74) is 6.29. The van der Waals surface area contributed by atoms with Crippen LogP contribution in [0.4, 0.5) is 0 Å². The lowest BCUT2D eigenvalue weighted by Crippen LogP contribution is -2.13. The van der Waals surface area contributed by atoms with E-state index in [4.69, 9.17) is 10.8 Å². The van der Waals surface area contributed by atoms with Crippen LogP contribution in [-0.4, -0.2) is 16.9 Å². The molecule has 0 fully saturated rings. The van der Waals surface area contributed by atoms with E-state index in [9.17, 15) is 9.59 Å². The summed E-state index contributed by atoms with van der Waals surface area (Å²) in [5, 5.41) is 8.43. The molecule has 4 nitrogen and oxygen atoms in total. The van der Waals surface area contributed by atoms with Gasteiger partial charge in [-0.15, -0.1) is 0 Å². The molecule has 1 rings (SSSR count). The molecule has 0 spiro atoms. The summed E-state index contributed by atoms with van der Waals surface area (Å²) >= 11 is 0. The maximum absolute atomic E-state index is 11.4. The van der Waals surface area contributed by atoms with Gasteiger partial charge >= 0.3 is 5.97 Å².